The zero-order valence-corrected chi connectivity index (χ0v) is 16.3. The number of amides is 1. The van der Waals surface area contributed by atoms with E-state index < -0.39 is 6.10 Å². The summed E-state index contributed by atoms with van der Waals surface area (Å²) >= 11 is 0. The van der Waals surface area contributed by atoms with Gasteiger partial charge < -0.3 is 15.5 Å². The monoisotopic (exact) mass is 355 g/mol. The second kappa shape index (κ2) is 19.5. The van der Waals surface area contributed by atoms with Crippen molar-refractivity contribution >= 4 is 5.91 Å². The van der Waals surface area contributed by atoms with Gasteiger partial charge in [-0.05, 0) is 32.1 Å². The molecule has 25 heavy (non-hydrogen) atoms. The van der Waals surface area contributed by atoms with Gasteiger partial charge in [0.05, 0.1) is 12.7 Å². The van der Waals surface area contributed by atoms with Crippen molar-refractivity contribution in [2.45, 2.75) is 103 Å². The number of unbranched alkanes of at least 4 members (excludes halogenated alkanes) is 11. The van der Waals surface area contributed by atoms with E-state index in [2.05, 4.69) is 24.4 Å². The Labute approximate surface area is 155 Å². The van der Waals surface area contributed by atoms with E-state index in [9.17, 15) is 4.79 Å². The molecule has 4 heteroatoms. The molecule has 1 unspecified atom stereocenters. The third-order valence-electron chi connectivity index (χ3n) is 4.41. The molecule has 0 aromatic heterocycles. The van der Waals surface area contributed by atoms with Crippen molar-refractivity contribution in [1.29, 1.82) is 0 Å². The van der Waals surface area contributed by atoms with Gasteiger partial charge >= 0.3 is 0 Å². The number of aliphatic hydroxyl groups excluding tert-OH is 2. The predicted molar refractivity (Wildman–Crippen MR) is 106 cm³/mol. The molecular weight excluding hydrogens is 314 g/mol. The fourth-order valence-corrected chi connectivity index (χ4v) is 2.74. The summed E-state index contributed by atoms with van der Waals surface area (Å²) in [5.74, 6) is -0.0369. The molecule has 0 spiro atoms. The first-order valence-electron chi connectivity index (χ1n) is 10.4. The van der Waals surface area contributed by atoms with Crippen molar-refractivity contribution < 1.29 is 15.0 Å². The molecule has 0 saturated heterocycles. The Morgan fingerprint density at radius 1 is 0.880 bits per heavy atom. The lowest BCUT2D eigenvalue weighted by atomic mass is 10.1. The van der Waals surface area contributed by atoms with Crippen LogP contribution >= 0.6 is 0 Å². The lowest BCUT2D eigenvalue weighted by Gasteiger charge is -2.08. The summed E-state index contributed by atoms with van der Waals surface area (Å²) in [5.41, 5.74) is 0. The highest BCUT2D eigenvalue weighted by Gasteiger charge is 2.05. The summed E-state index contributed by atoms with van der Waals surface area (Å²) in [5, 5.41) is 20.4. The molecule has 0 aliphatic heterocycles. The largest absolute Gasteiger partial charge is 0.394 e. The standard InChI is InChI=1S/C21H41NO3/c1-2-3-4-5-6-7-8-9-10-11-12-13-14-15-16-17-21(25)22-18-20(24)19-23/h9-10,20,23-24H,2-8,11-19H2,1H3,(H,22,25). The molecule has 0 aromatic rings. The Bertz CT molecular complexity index is 318. The Morgan fingerprint density at radius 3 is 1.96 bits per heavy atom. The van der Waals surface area contributed by atoms with E-state index in [4.69, 9.17) is 10.2 Å². The van der Waals surface area contributed by atoms with Crippen LogP contribution in [0.3, 0.4) is 0 Å². The first-order valence-corrected chi connectivity index (χ1v) is 10.4. The topological polar surface area (TPSA) is 69.6 Å². The van der Waals surface area contributed by atoms with Crippen LogP contribution in [0.5, 0.6) is 0 Å². The molecule has 1 atom stereocenters. The maximum absolute atomic E-state index is 11.5. The smallest absolute Gasteiger partial charge is 0.220 e. The summed E-state index contributed by atoms with van der Waals surface area (Å²) < 4.78 is 0. The second-order valence-electron chi connectivity index (χ2n) is 6.97. The molecule has 1 amide bonds. The summed E-state index contributed by atoms with van der Waals surface area (Å²) in [6, 6.07) is 0. The Morgan fingerprint density at radius 2 is 1.40 bits per heavy atom. The average Bonchev–Trinajstić information content (AvgIpc) is 2.62. The van der Waals surface area contributed by atoms with Crippen molar-refractivity contribution in [2.24, 2.45) is 0 Å². The molecule has 0 bridgehead atoms. The molecular formula is C21H41NO3. The van der Waals surface area contributed by atoms with Gasteiger partial charge in [0.2, 0.25) is 5.91 Å². The zero-order valence-electron chi connectivity index (χ0n) is 16.3. The summed E-state index contributed by atoms with van der Waals surface area (Å²) in [7, 11) is 0. The maximum atomic E-state index is 11.5. The molecule has 0 aromatic carbocycles. The van der Waals surface area contributed by atoms with Crippen molar-refractivity contribution in [1.82, 2.24) is 5.32 Å². The van der Waals surface area contributed by atoms with Crippen LogP contribution in [0.15, 0.2) is 12.2 Å². The Kier molecular flexibility index (Phi) is 18.8. The van der Waals surface area contributed by atoms with E-state index >= 15 is 0 Å². The average molecular weight is 356 g/mol. The molecule has 0 heterocycles. The van der Waals surface area contributed by atoms with Gasteiger partial charge in [-0.25, -0.2) is 0 Å². The van der Waals surface area contributed by atoms with Crippen LogP contribution in [0, 0.1) is 0 Å². The van der Waals surface area contributed by atoms with Crippen LogP contribution in [0.25, 0.3) is 0 Å². The second-order valence-corrected chi connectivity index (χ2v) is 6.97. The molecule has 0 aliphatic rings. The van der Waals surface area contributed by atoms with E-state index in [1.807, 2.05) is 0 Å². The number of aliphatic hydroxyl groups is 2. The molecule has 148 valence electrons. The minimum atomic E-state index is -0.849. The van der Waals surface area contributed by atoms with Crippen molar-refractivity contribution in [3.8, 4) is 0 Å². The normalized spacial score (nSPS) is 12.6. The van der Waals surface area contributed by atoms with E-state index in [0.717, 1.165) is 12.8 Å². The van der Waals surface area contributed by atoms with Crippen molar-refractivity contribution in [3.63, 3.8) is 0 Å². The van der Waals surface area contributed by atoms with E-state index in [1.54, 1.807) is 0 Å². The first-order chi connectivity index (χ1) is 12.2. The van der Waals surface area contributed by atoms with Gasteiger partial charge in [-0.2, -0.15) is 0 Å². The number of hydrogen-bond donors (Lipinski definition) is 3. The van der Waals surface area contributed by atoms with Gasteiger partial charge in [-0.15, -0.1) is 0 Å². The van der Waals surface area contributed by atoms with Gasteiger partial charge in [0, 0.05) is 13.0 Å². The van der Waals surface area contributed by atoms with Crippen molar-refractivity contribution in [2.75, 3.05) is 13.2 Å². The first kappa shape index (κ1) is 24.1. The maximum Gasteiger partial charge on any atom is 0.220 e. The van der Waals surface area contributed by atoms with Crippen LogP contribution in [0.4, 0.5) is 0 Å². The number of allylic oxidation sites excluding steroid dienone is 2. The minimum absolute atomic E-state index is 0.0369. The number of carbonyl (C=O) groups excluding carboxylic acids is 1. The highest BCUT2D eigenvalue weighted by Crippen LogP contribution is 2.09. The van der Waals surface area contributed by atoms with Gasteiger partial charge in [0.25, 0.3) is 0 Å². The van der Waals surface area contributed by atoms with Gasteiger partial charge in [0.15, 0.2) is 0 Å². The van der Waals surface area contributed by atoms with Crippen LogP contribution in [0.1, 0.15) is 96.8 Å². The third kappa shape index (κ3) is 19.3. The predicted octanol–water partition coefficient (Wildman–Crippen LogP) is 4.49. The SMILES string of the molecule is CCCCCCCCC=CCCCCCCCC(=O)NCC(O)CO. The van der Waals surface area contributed by atoms with Crippen LogP contribution in [-0.2, 0) is 4.79 Å². The number of rotatable bonds is 18. The molecule has 0 fully saturated rings. The van der Waals surface area contributed by atoms with E-state index in [-0.39, 0.29) is 19.1 Å². The zero-order chi connectivity index (χ0) is 18.6. The number of hydrogen-bond acceptors (Lipinski definition) is 3. The highest BCUT2D eigenvalue weighted by molar-refractivity contribution is 5.75. The Balaban J connectivity index is 3.22. The third-order valence-corrected chi connectivity index (χ3v) is 4.41. The molecule has 0 saturated carbocycles. The minimum Gasteiger partial charge on any atom is -0.394 e. The van der Waals surface area contributed by atoms with Gasteiger partial charge in [-0.1, -0.05) is 70.4 Å². The van der Waals surface area contributed by atoms with Gasteiger partial charge in [-0.3, -0.25) is 4.79 Å². The molecule has 0 radical (unpaired) electrons. The molecule has 4 nitrogen and oxygen atoms in total. The van der Waals surface area contributed by atoms with Crippen LogP contribution < -0.4 is 5.32 Å². The number of carbonyl (C=O) groups is 1. The summed E-state index contributed by atoms with van der Waals surface area (Å²) in [6.45, 7) is 2.08. The summed E-state index contributed by atoms with van der Waals surface area (Å²) in [4.78, 5) is 11.5. The fraction of sp³-hybridized carbons (Fsp3) is 0.857. The Hall–Kier alpha value is -0.870. The lowest BCUT2D eigenvalue weighted by molar-refractivity contribution is -0.121. The molecule has 0 aliphatic carbocycles. The highest BCUT2D eigenvalue weighted by atomic mass is 16.3. The summed E-state index contributed by atoms with van der Waals surface area (Å²) in [6.07, 6.45) is 20.5. The lowest BCUT2D eigenvalue weighted by Crippen LogP contribution is -2.33. The molecule has 3 N–H and O–H groups in total. The van der Waals surface area contributed by atoms with Crippen LogP contribution in [0.2, 0.25) is 0 Å². The van der Waals surface area contributed by atoms with Crippen LogP contribution in [-0.4, -0.2) is 35.4 Å². The van der Waals surface area contributed by atoms with E-state index in [0.29, 0.717) is 6.42 Å². The van der Waals surface area contributed by atoms with E-state index in [1.165, 1.54) is 70.6 Å². The van der Waals surface area contributed by atoms with Gasteiger partial charge in [0.1, 0.15) is 0 Å². The molecule has 0 rings (SSSR count). The fourth-order valence-electron chi connectivity index (χ4n) is 2.74. The quantitative estimate of drug-likeness (QED) is 0.250. The number of nitrogens with one attached hydrogen (secondary N) is 1. The van der Waals surface area contributed by atoms with Crippen molar-refractivity contribution in [3.05, 3.63) is 12.2 Å².